The van der Waals surface area contributed by atoms with E-state index in [1.165, 1.54) is 0 Å². The van der Waals surface area contributed by atoms with Gasteiger partial charge in [0.25, 0.3) is 5.91 Å². The first-order valence-electron chi connectivity index (χ1n) is 15.3. The maximum Gasteiger partial charge on any atom is 0.253 e. The van der Waals surface area contributed by atoms with Crippen LogP contribution in [0.2, 0.25) is 0 Å². The Morgan fingerprint density at radius 2 is 1.89 bits per heavy atom. The SMILES string of the molecule is CC1C(c2ccccc2)CC2NC(=O)c3cnc4c(c3)C[C@@]3(C4)C(=O)Nc4ncc(cc43)/C=C/COCCNCCN1C2=O. The fourth-order valence-corrected chi connectivity index (χ4v) is 7.15. The first kappa shape index (κ1) is 28.4. The summed E-state index contributed by atoms with van der Waals surface area (Å²) in [5, 5.41) is 9.38. The molecule has 7 rings (SSSR count). The fourth-order valence-electron chi connectivity index (χ4n) is 7.15. The van der Waals surface area contributed by atoms with Crippen LogP contribution in [0.1, 0.15) is 57.6 Å². The number of hydrogen-bond donors (Lipinski definition) is 3. The van der Waals surface area contributed by atoms with Crippen molar-refractivity contribution >= 4 is 29.6 Å². The Balaban J connectivity index is 1.21. The maximum absolute atomic E-state index is 13.8. The number of pyridine rings is 2. The van der Waals surface area contributed by atoms with Gasteiger partial charge < -0.3 is 25.6 Å². The second kappa shape index (κ2) is 11.6. The summed E-state index contributed by atoms with van der Waals surface area (Å²) in [5.41, 5.74) is 4.08. The lowest BCUT2D eigenvalue weighted by atomic mass is 9.79. The van der Waals surface area contributed by atoms with Gasteiger partial charge in [0, 0.05) is 61.7 Å². The van der Waals surface area contributed by atoms with Crippen LogP contribution < -0.4 is 16.0 Å². The van der Waals surface area contributed by atoms with Gasteiger partial charge >= 0.3 is 0 Å². The van der Waals surface area contributed by atoms with E-state index in [1.54, 1.807) is 12.4 Å². The van der Waals surface area contributed by atoms with E-state index in [4.69, 9.17) is 4.74 Å². The van der Waals surface area contributed by atoms with E-state index in [0.717, 1.165) is 27.9 Å². The van der Waals surface area contributed by atoms with Gasteiger partial charge in [-0.2, -0.15) is 0 Å². The van der Waals surface area contributed by atoms with Gasteiger partial charge in [0.15, 0.2) is 0 Å². The van der Waals surface area contributed by atoms with E-state index in [-0.39, 0.29) is 29.7 Å². The van der Waals surface area contributed by atoms with Crippen molar-refractivity contribution in [2.45, 2.75) is 49.6 Å². The number of hydrogen-bond acceptors (Lipinski definition) is 7. The lowest BCUT2D eigenvalue weighted by Gasteiger charge is -2.43. The van der Waals surface area contributed by atoms with Crippen LogP contribution in [0.4, 0.5) is 5.82 Å². The summed E-state index contributed by atoms with van der Waals surface area (Å²) in [7, 11) is 0. The molecule has 0 radical (unpaired) electrons. The molecule has 5 heterocycles. The molecule has 7 bridgehead atoms. The quantitative estimate of drug-likeness (QED) is 0.397. The van der Waals surface area contributed by atoms with Gasteiger partial charge in [0.2, 0.25) is 11.8 Å². The lowest BCUT2D eigenvalue weighted by Crippen LogP contribution is -2.59. The third kappa shape index (κ3) is 5.07. The zero-order valence-corrected chi connectivity index (χ0v) is 24.7. The summed E-state index contributed by atoms with van der Waals surface area (Å²) in [6.45, 7) is 4.83. The molecule has 1 aliphatic carbocycles. The molecule has 0 saturated carbocycles. The highest BCUT2D eigenvalue weighted by molar-refractivity contribution is 6.06. The third-order valence-corrected chi connectivity index (χ3v) is 9.53. The molecule has 3 unspecified atom stereocenters. The van der Waals surface area contributed by atoms with Gasteiger partial charge in [-0.15, -0.1) is 0 Å². The topological polar surface area (TPSA) is 126 Å². The number of nitrogens with one attached hydrogen (secondary N) is 3. The predicted octanol–water partition coefficient (Wildman–Crippen LogP) is 2.60. The Morgan fingerprint density at radius 1 is 1.02 bits per heavy atom. The number of nitrogens with zero attached hydrogens (tertiary/aromatic N) is 3. The molecule has 3 amide bonds. The molecule has 44 heavy (non-hydrogen) atoms. The Bertz CT molecular complexity index is 1640. The van der Waals surface area contributed by atoms with Crippen LogP contribution in [-0.4, -0.2) is 77.5 Å². The van der Waals surface area contributed by atoms with Crippen molar-refractivity contribution in [1.29, 1.82) is 0 Å². The van der Waals surface area contributed by atoms with Crippen LogP contribution in [-0.2, 0) is 32.6 Å². The lowest BCUT2D eigenvalue weighted by molar-refractivity contribution is -0.139. The minimum atomic E-state index is -0.825. The number of amides is 3. The summed E-state index contributed by atoms with van der Waals surface area (Å²) in [5.74, 6) is 0.0987. The van der Waals surface area contributed by atoms with Gasteiger partial charge in [0.05, 0.1) is 24.2 Å². The first-order valence-corrected chi connectivity index (χ1v) is 15.3. The first-order chi connectivity index (χ1) is 21.4. The monoisotopic (exact) mass is 592 g/mol. The van der Waals surface area contributed by atoms with E-state index >= 15 is 0 Å². The number of aromatic nitrogens is 2. The Morgan fingerprint density at radius 3 is 2.75 bits per heavy atom. The molecule has 1 saturated heterocycles. The molecule has 1 aromatic carbocycles. The predicted molar refractivity (Wildman–Crippen MR) is 165 cm³/mol. The van der Waals surface area contributed by atoms with Gasteiger partial charge in [-0.25, -0.2) is 4.98 Å². The minimum absolute atomic E-state index is 0.0290. The highest BCUT2D eigenvalue weighted by Gasteiger charge is 2.52. The molecule has 2 aromatic heterocycles. The van der Waals surface area contributed by atoms with E-state index in [9.17, 15) is 14.4 Å². The normalized spacial score (nSPS) is 27.7. The summed E-state index contributed by atoms with van der Waals surface area (Å²) in [6, 6.07) is 13.3. The van der Waals surface area contributed by atoms with Gasteiger partial charge in [-0.05, 0) is 48.6 Å². The number of fused-ring (bicyclic) bond motifs is 4. The summed E-state index contributed by atoms with van der Waals surface area (Å²) in [4.78, 5) is 51.9. The minimum Gasteiger partial charge on any atom is -0.376 e. The second-order valence-electron chi connectivity index (χ2n) is 12.2. The van der Waals surface area contributed by atoms with Gasteiger partial charge in [0.1, 0.15) is 11.9 Å². The van der Waals surface area contributed by atoms with Crippen molar-refractivity contribution in [2.75, 3.05) is 38.2 Å². The van der Waals surface area contributed by atoms with E-state index in [0.29, 0.717) is 63.5 Å². The average molecular weight is 593 g/mol. The summed E-state index contributed by atoms with van der Waals surface area (Å²) >= 11 is 0. The zero-order chi connectivity index (χ0) is 30.3. The maximum atomic E-state index is 13.8. The molecule has 10 nitrogen and oxygen atoms in total. The standard InChI is InChI=1S/C34H36N6O4/c1-21-26(23-7-3-2-4-8-23)16-28-32(42)40(21)11-9-35-10-13-44-12-5-6-22-14-27-30(37-19-22)39-33(43)34(27)17-24-15-25(31(41)38-28)20-36-29(24)18-34/h2-8,14-15,19-21,26,28,35H,9-13,16-18H2,1H3,(H,38,41)(H,37,39,43)/b6-5+/t21?,26?,28?,34-/m0/s1. The molecule has 1 fully saturated rings. The van der Waals surface area contributed by atoms with Crippen LogP contribution in [0.15, 0.2) is 60.9 Å². The molecule has 4 aliphatic rings. The Hall–Kier alpha value is -4.41. The molecular formula is C34H36N6O4. The molecular weight excluding hydrogens is 556 g/mol. The Kier molecular flexibility index (Phi) is 7.47. The van der Waals surface area contributed by atoms with E-state index in [1.807, 2.05) is 47.4 Å². The van der Waals surface area contributed by atoms with E-state index in [2.05, 4.69) is 45.0 Å². The van der Waals surface area contributed by atoms with Crippen molar-refractivity contribution in [1.82, 2.24) is 25.5 Å². The average Bonchev–Trinajstić information content (AvgIpc) is 3.55. The summed E-state index contributed by atoms with van der Waals surface area (Å²) in [6.07, 6.45) is 8.56. The molecule has 3 aliphatic heterocycles. The number of benzene rings is 1. The van der Waals surface area contributed by atoms with Crippen molar-refractivity contribution in [2.24, 2.45) is 0 Å². The molecule has 1 spiro atoms. The van der Waals surface area contributed by atoms with E-state index < -0.39 is 11.5 Å². The second-order valence-corrected chi connectivity index (χ2v) is 12.2. The van der Waals surface area contributed by atoms with Crippen LogP contribution >= 0.6 is 0 Å². The highest BCUT2D eigenvalue weighted by atomic mass is 16.5. The number of anilines is 1. The number of carbonyl (C=O) groups excluding carboxylic acids is 3. The zero-order valence-electron chi connectivity index (χ0n) is 24.7. The number of rotatable bonds is 1. The van der Waals surface area contributed by atoms with Gasteiger partial charge in [-0.1, -0.05) is 42.5 Å². The van der Waals surface area contributed by atoms with Crippen LogP contribution in [0.25, 0.3) is 6.08 Å². The van der Waals surface area contributed by atoms with Crippen molar-refractivity contribution in [3.8, 4) is 0 Å². The van der Waals surface area contributed by atoms with Gasteiger partial charge in [-0.3, -0.25) is 19.4 Å². The molecule has 4 atom stereocenters. The van der Waals surface area contributed by atoms with Crippen LogP contribution in [0, 0.1) is 0 Å². The largest absolute Gasteiger partial charge is 0.376 e. The van der Waals surface area contributed by atoms with Crippen molar-refractivity contribution in [3.05, 3.63) is 94.4 Å². The molecule has 3 N–H and O–H groups in total. The Labute approximate surface area is 256 Å². The number of piperidine rings is 1. The fraction of sp³-hybridized carbons (Fsp3) is 0.382. The number of carbonyl (C=O) groups is 3. The third-order valence-electron chi connectivity index (χ3n) is 9.53. The number of ether oxygens (including phenoxy) is 1. The highest BCUT2D eigenvalue weighted by Crippen LogP contribution is 2.46. The van der Waals surface area contributed by atoms with Crippen molar-refractivity contribution in [3.63, 3.8) is 0 Å². The molecule has 226 valence electrons. The smallest absolute Gasteiger partial charge is 0.253 e. The van der Waals surface area contributed by atoms with Crippen LogP contribution in [0.3, 0.4) is 0 Å². The van der Waals surface area contributed by atoms with Crippen molar-refractivity contribution < 1.29 is 19.1 Å². The molecule has 3 aromatic rings. The summed E-state index contributed by atoms with van der Waals surface area (Å²) < 4.78 is 5.79. The molecule has 10 heteroatoms. The van der Waals surface area contributed by atoms with Crippen LogP contribution in [0.5, 0.6) is 0 Å².